The van der Waals surface area contributed by atoms with E-state index >= 15 is 0 Å². The lowest BCUT2D eigenvalue weighted by atomic mass is 9.82. The van der Waals surface area contributed by atoms with E-state index in [0.29, 0.717) is 0 Å². The Morgan fingerprint density at radius 3 is 1.25 bits per heavy atom. The predicted octanol–water partition coefficient (Wildman–Crippen LogP) is 12.4. The van der Waals surface area contributed by atoms with Crippen molar-refractivity contribution in [3.8, 4) is 11.1 Å². The fourth-order valence-electron chi connectivity index (χ4n) is 8.99. The van der Waals surface area contributed by atoms with Crippen LogP contribution in [0.15, 0.2) is 106 Å². The molecule has 0 N–H and O–H groups in total. The maximum absolute atomic E-state index is 6.97. The quantitative estimate of drug-likeness (QED) is 0.137. The molecule has 0 aromatic heterocycles. The van der Waals surface area contributed by atoms with Crippen molar-refractivity contribution in [2.45, 2.75) is 13.8 Å². The summed E-state index contributed by atoms with van der Waals surface area (Å²) in [6.45, 7) is 4.38. The van der Waals surface area contributed by atoms with Crippen LogP contribution in [0.2, 0.25) is 0 Å². The number of hydrogen-bond donors (Lipinski definition) is 0. The Morgan fingerprint density at radius 2 is 0.773 bits per heavy atom. The van der Waals surface area contributed by atoms with Crippen LogP contribution < -0.4 is 0 Å². The van der Waals surface area contributed by atoms with Crippen LogP contribution in [-0.4, -0.2) is 0 Å². The molecule has 202 valence electrons. The third-order valence-corrected chi connectivity index (χ3v) is 10.5. The average Bonchev–Trinajstić information content (AvgIpc) is 3.03. The van der Waals surface area contributed by atoms with E-state index < -0.39 is 0 Å². The topological polar surface area (TPSA) is 26.3 Å². The second-order valence-corrected chi connectivity index (χ2v) is 13.0. The minimum Gasteiger partial charge on any atom is -0.456 e. The molecule has 0 saturated heterocycles. The molecule has 0 bridgehead atoms. The summed E-state index contributed by atoms with van der Waals surface area (Å²) in [6, 6.07) is 36.1. The second-order valence-electron chi connectivity index (χ2n) is 13.0. The molecule has 44 heavy (non-hydrogen) atoms. The van der Waals surface area contributed by atoms with E-state index in [-0.39, 0.29) is 0 Å². The van der Waals surface area contributed by atoms with Gasteiger partial charge in [0.2, 0.25) is 0 Å². The normalized spacial score (nSPS) is 13.2. The third-order valence-electron chi connectivity index (χ3n) is 10.5. The second kappa shape index (κ2) is 6.96. The summed E-state index contributed by atoms with van der Waals surface area (Å²) in [6.07, 6.45) is 0. The van der Waals surface area contributed by atoms with Gasteiger partial charge in [0.05, 0.1) is 0 Å². The van der Waals surface area contributed by atoms with Crippen LogP contribution in [-0.2, 0) is 0 Å². The lowest BCUT2D eigenvalue weighted by molar-refractivity contribution is 0.647. The fourth-order valence-corrected chi connectivity index (χ4v) is 8.99. The fraction of sp³-hybridized carbons (Fsp3) is 0.0476. The molecule has 2 nitrogen and oxygen atoms in total. The van der Waals surface area contributed by atoms with Gasteiger partial charge in [0.1, 0.15) is 22.3 Å². The van der Waals surface area contributed by atoms with Gasteiger partial charge in [-0.2, -0.15) is 0 Å². The van der Waals surface area contributed by atoms with Gasteiger partial charge in [-0.15, -0.1) is 0 Å². The Balaban J connectivity index is 1.40. The first-order valence-electron chi connectivity index (χ1n) is 15.3. The molecule has 0 fully saturated rings. The minimum atomic E-state index is 0.901. The van der Waals surface area contributed by atoms with Crippen LogP contribution in [0.4, 0.5) is 0 Å². The molecule has 10 aromatic rings. The van der Waals surface area contributed by atoms with Crippen LogP contribution in [0, 0.1) is 13.8 Å². The number of fused-ring (bicyclic) bond motifs is 4. The lowest BCUT2D eigenvalue weighted by Gasteiger charge is -2.24. The highest BCUT2D eigenvalue weighted by molar-refractivity contribution is 6.42. The van der Waals surface area contributed by atoms with Crippen LogP contribution in [0.5, 0.6) is 0 Å². The predicted molar refractivity (Wildman–Crippen MR) is 186 cm³/mol. The number of rotatable bonds is 0. The first kappa shape index (κ1) is 22.0. The van der Waals surface area contributed by atoms with Crippen molar-refractivity contribution in [1.29, 1.82) is 0 Å². The number of hydrogen-bond acceptors (Lipinski definition) is 2. The Morgan fingerprint density at radius 1 is 0.341 bits per heavy atom. The zero-order valence-corrected chi connectivity index (χ0v) is 24.1. The molecule has 0 saturated carbocycles. The van der Waals surface area contributed by atoms with Crippen molar-refractivity contribution in [3.05, 3.63) is 108 Å². The van der Waals surface area contributed by atoms with Crippen LogP contribution in [0.25, 0.3) is 120 Å². The smallest absolute Gasteiger partial charge is 0.136 e. The third kappa shape index (κ3) is 2.31. The first-order chi connectivity index (χ1) is 21.6. The summed E-state index contributed by atoms with van der Waals surface area (Å²) in [5, 5.41) is 20.1. The summed E-state index contributed by atoms with van der Waals surface area (Å²) in [7, 11) is 0. The molecule has 12 rings (SSSR count). The Hall–Kier alpha value is -5.60. The van der Waals surface area contributed by atoms with Crippen molar-refractivity contribution in [2.24, 2.45) is 0 Å². The summed E-state index contributed by atoms with van der Waals surface area (Å²) in [4.78, 5) is 0. The molecule has 0 unspecified atom stereocenters. The van der Waals surface area contributed by atoms with Gasteiger partial charge >= 0.3 is 0 Å². The molecule has 0 spiro atoms. The molecule has 2 aliphatic heterocycles. The lowest BCUT2D eigenvalue weighted by Crippen LogP contribution is -1.98. The standard InChI is InChI=1S/C42H22O2/c1-19-13-21-5-3-7-23-25-9-11-31-39-37(25)29(27(15-19)35(21)23)17-33-41(39)42-34(44-31)18-30-28-16-20(2)14-22-6-4-8-24(36(22)28)26-10-12-32(43-33)40(42)38(26)30/h3-18H,1-2H3. The van der Waals surface area contributed by atoms with Crippen LogP contribution in [0.1, 0.15) is 11.1 Å². The van der Waals surface area contributed by atoms with E-state index in [9.17, 15) is 0 Å². The SMILES string of the molecule is Cc1cc2cccc3c4ccc5oc6cc7c8cc(C)cc9cccc(c%10ccc%11oc%12cc(c(c1)c23)c4c5c%12-c6c%11c%107)c98. The highest BCUT2D eigenvalue weighted by Gasteiger charge is 2.29. The molecule has 2 heteroatoms. The van der Waals surface area contributed by atoms with Crippen molar-refractivity contribution < 1.29 is 8.83 Å². The summed E-state index contributed by atoms with van der Waals surface area (Å²) in [5.74, 6) is 0. The van der Waals surface area contributed by atoms with E-state index in [2.05, 4.69) is 111 Å². The van der Waals surface area contributed by atoms with Gasteiger partial charge in [-0.25, -0.2) is 0 Å². The molecule has 0 amide bonds. The van der Waals surface area contributed by atoms with Crippen molar-refractivity contribution in [2.75, 3.05) is 0 Å². The van der Waals surface area contributed by atoms with E-state index in [0.717, 1.165) is 44.2 Å². The molecule has 0 aliphatic carbocycles. The average molecular weight is 559 g/mol. The van der Waals surface area contributed by atoms with Gasteiger partial charge in [0, 0.05) is 32.7 Å². The summed E-state index contributed by atoms with van der Waals surface area (Å²) < 4.78 is 13.9. The van der Waals surface area contributed by atoms with Gasteiger partial charge < -0.3 is 8.83 Å². The van der Waals surface area contributed by atoms with Crippen molar-refractivity contribution >= 4 is 109 Å². The molecule has 0 atom stereocenters. The highest BCUT2D eigenvalue weighted by atomic mass is 16.3. The van der Waals surface area contributed by atoms with E-state index in [4.69, 9.17) is 8.83 Å². The van der Waals surface area contributed by atoms with Gasteiger partial charge in [0.25, 0.3) is 0 Å². The monoisotopic (exact) mass is 558 g/mol. The molecule has 2 heterocycles. The minimum absolute atomic E-state index is 0.901. The molecule has 10 aromatic carbocycles. The number of benzene rings is 10. The van der Waals surface area contributed by atoms with Crippen LogP contribution >= 0.6 is 0 Å². The molecular weight excluding hydrogens is 536 g/mol. The molecule has 2 aliphatic rings. The Bertz CT molecular complexity index is 2950. The van der Waals surface area contributed by atoms with Gasteiger partial charge in [-0.3, -0.25) is 0 Å². The Labute approximate surface area is 250 Å². The van der Waals surface area contributed by atoms with Gasteiger partial charge in [0.15, 0.2) is 0 Å². The largest absolute Gasteiger partial charge is 0.456 e. The van der Waals surface area contributed by atoms with Gasteiger partial charge in [-0.1, -0.05) is 60.7 Å². The zero-order valence-electron chi connectivity index (χ0n) is 24.1. The zero-order chi connectivity index (χ0) is 28.6. The Kier molecular flexibility index (Phi) is 3.48. The maximum atomic E-state index is 6.97. The van der Waals surface area contributed by atoms with E-state index in [1.807, 2.05) is 0 Å². The summed E-state index contributed by atoms with van der Waals surface area (Å²) >= 11 is 0. The van der Waals surface area contributed by atoms with E-state index in [1.54, 1.807) is 0 Å². The molecular formula is C42H22O2. The van der Waals surface area contributed by atoms with E-state index in [1.165, 1.54) is 86.5 Å². The number of aryl methyl sites for hydroxylation is 2. The molecule has 0 radical (unpaired) electrons. The maximum Gasteiger partial charge on any atom is 0.136 e. The first-order valence-corrected chi connectivity index (χ1v) is 15.3. The highest BCUT2D eigenvalue weighted by Crippen LogP contribution is 2.55. The van der Waals surface area contributed by atoms with Crippen LogP contribution in [0.3, 0.4) is 0 Å². The van der Waals surface area contributed by atoms with Crippen molar-refractivity contribution in [3.63, 3.8) is 0 Å². The van der Waals surface area contributed by atoms with Crippen molar-refractivity contribution in [1.82, 2.24) is 0 Å². The summed E-state index contributed by atoms with van der Waals surface area (Å²) in [5.41, 5.74) is 8.47. The van der Waals surface area contributed by atoms with Gasteiger partial charge in [-0.05, 0) is 126 Å².